The topological polar surface area (TPSA) is 67.3 Å². The Hall–Kier alpha value is -1.51. The van der Waals surface area contributed by atoms with E-state index in [1.807, 2.05) is 5.38 Å². The summed E-state index contributed by atoms with van der Waals surface area (Å²) in [5.41, 5.74) is -0.218. The molecule has 1 atom stereocenters. The van der Waals surface area contributed by atoms with Gasteiger partial charge in [-0.3, -0.25) is 14.2 Å². The van der Waals surface area contributed by atoms with Crippen LogP contribution in [-0.4, -0.2) is 46.7 Å². The Kier molecular flexibility index (Phi) is 3.92. The number of carbonyl (C=O) groups is 1. The normalized spacial score (nSPS) is 17.1. The zero-order valence-corrected chi connectivity index (χ0v) is 13.1. The second kappa shape index (κ2) is 5.70. The molecule has 2 aromatic rings. The van der Waals surface area contributed by atoms with Crippen molar-refractivity contribution < 1.29 is 9.53 Å². The van der Waals surface area contributed by atoms with Crippen molar-refractivity contribution in [2.24, 2.45) is 0 Å². The fourth-order valence-electron chi connectivity index (χ4n) is 2.46. The van der Waals surface area contributed by atoms with Gasteiger partial charge in [-0.15, -0.1) is 11.3 Å². The summed E-state index contributed by atoms with van der Waals surface area (Å²) in [6, 6.07) is 1.12. The molecule has 0 aromatic carbocycles. The Labute approximate surface area is 130 Å². The van der Waals surface area contributed by atoms with Crippen LogP contribution in [0, 0.1) is 4.77 Å². The van der Waals surface area contributed by atoms with E-state index in [-0.39, 0.29) is 16.2 Å². The van der Waals surface area contributed by atoms with Gasteiger partial charge in [0.1, 0.15) is 10.9 Å². The highest BCUT2D eigenvalue weighted by Crippen LogP contribution is 2.17. The van der Waals surface area contributed by atoms with Crippen molar-refractivity contribution in [3.63, 3.8) is 0 Å². The zero-order chi connectivity index (χ0) is 15.0. The second-order valence-corrected chi connectivity index (χ2v) is 6.19. The lowest BCUT2D eigenvalue weighted by Crippen LogP contribution is -2.45. The van der Waals surface area contributed by atoms with Crippen LogP contribution in [-0.2, 0) is 9.53 Å². The standard InChI is InChI=1S/C13H15N3O3S2/c1-8(11(17)15-3-5-19-6-4-15)16-12(18)9-2-7-21-10(9)14-13(16)20/h2,7-8H,3-6H2,1H3,(H,14,20). The molecule has 112 valence electrons. The van der Waals surface area contributed by atoms with E-state index in [1.54, 1.807) is 17.9 Å². The first-order valence-corrected chi connectivity index (χ1v) is 7.97. The van der Waals surface area contributed by atoms with Crippen molar-refractivity contribution >= 4 is 39.7 Å². The third-order valence-electron chi connectivity index (χ3n) is 3.62. The van der Waals surface area contributed by atoms with Crippen LogP contribution in [0.4, 0.5) is 0 Å². The number of carbonyl (C=O) groups excluding carboxylic acids is 1. The lowest BCUT2D eigenvalue weighted by atomic mass is 10.2. The maximum Gasteiger partial charge on any atom is 0.263 e. The highest BCUT2D eigenvalue weighted by molar-refractivity contribution is 7.71. The molecule has 3 rings (SSSR count). The molecule has 1 unspecified atom stereocenters. The number of rotatable bonds is 2. The summed E-state index contributed by atoms with van der Waals surface area (Å²) < 4.78 is 6.89. The van der Waals surface area contributed by atoms with Crippen LogP contribution in [0.3, 0.4) is 0 Å². The minimum atomic E-state index is -0.622. The molecule has 8 heteroatoms. The van der Waals surface area contributed by atoms with Gasteiger partial charge in [0, 0.05) is 13.1 Å². The number of fused-ring (bicyclic) bond motifs is 1. The summed E-state index contributed by atoms with van der Waals surface area (Å²) in [5.74, 6) is -0.102. The Morgan fingerprint density at radius 1 is 1.48 bits per heavy atom. The average molecular weight is 325 g/mol. The molecule has 1 fully saturated rings. The number of nitrogens with one attached hydrogen (secondary N) is 1. The fraction of sp³-hybridized carbons (Fsp3) is 0.462. The predicted molar refractivity (Wildman–Crippen MR) is 83.4 cm³/mol. The van der Waals surface area contributed by atoms with Gasteiger partial charge in [0.15, 0.2) is 4.77 Å². The molecule has 0 bridgehead atoms. The van der Waals surface area contributed by atoms with Gasteiger partial charge in [-0.05, 0) is 30.6 Å². The quantitative estimate of drug-likeness (QED) is 0.851. The molecule has 21 heavy (non-hydrogen) atoms. The molecule has 0 saturated carbocycles. The van der Waals surface area contributed by atoms with Crippen molar-refractivity contribution in [1.82, 2.24) is 14.5 Å². The molecule has 0 spiro atoms. The van der Waals surface area contributed by atoms with Crippen LogP contribution in [0.1, 0.15) is 13.0 Å². The summed E-state index contributed by atoms with van der Waals surface area (Å²) in [7, 11) is 0. The van der Waals surface area contributed by atoms with Crippen molar-refractivity contribution in [1.29, 1.82) is 0 Å². The Bertz CT molecular complexity index is 786. The molecular weight excluding hydrogens is 310 g/mol. The first-order valence-electron chi connectivity index (χ1n) is 6.68. The first kappa shape index (κ1) is 14.4. The largest absolute Gasteiger partial charge is 0.378 e. The molecule has 1 aliphatic heterocycles. The number of nitrogens with zero attached hydrogens (tertiary/aromatic N) is 2. The Morgan fingerprint density at radius 3 is 2.90 bits per heavy atom. The molecule has 0 radical (unpaired) electrons. The van der Waals surface area contributed by atoms with Crippen LogP contribution in [0.5, 0.6) is 0 Å². The third-order valence-corrected chi connectivity index (χ3v) is 4.75. The Balaban J connectivity index is 2.01. The van der Waals surface area contributed by atoms with Gasteiger partial charge in [-0.1, -0.05) is 0 Å². The van der Waals surface area contributed by atoms with Crippen LogP contribution < -0.4 is 5.56 Å². The van der Waals surface area contributed by atoms with E-state index >= 15 is 0 Å². The average Bonchev–Trinajstić information content (AvgIpc) is 2.95. The summed E-state index contributed by atoms with van der Waals surface area (Å²) >= 11 is 6.67. The highest BCUT2D eigenvalue weighted by atomic mass is 32.1. The van der Waals surface area contributed by atoms with E-state index in [0.29, 0.717) is 31.7 Å². The minimum Gasteiger partial charge on any atom is -0.378 e. The van der Waals surface area contributed by atoms with Crippen LogP contribution >= 0.6 is 23.6 Å². The molecule has 1 N–H and O–H groups in total. The predicted octanol–water partition coefficient (Wildman–Crippen LogP) is 1.54. The van der Waals surface area contributed by atoms with Crippen molar-refractivity contribution in [3.8, 4) is 0 Å². The SMILES string of the molecule is CC(C(=O)N1CCOCC1)n1c(=S)[nH]c2sccc2c1=O. The number of aromatic nitrogens is 2. The van der Waals surface area contributed by atoms with E-state index < -0.39 is 6.04 Å². The number of ether oxygens (including phenoxy) is 1. The number of morpholine rings is 1. The maximum atomic E-state index is 12.5. The van der Waals surface area contributed by atoms with Gasteiger partial charge in [0.25, 0.3) is 5.56 Å². The van der Waals surface area contributed by atoms with Crippen molar-refractivity contribution in [3.05, 3.63) is 26.6 Å². The molecule has 1 saturated heterocycles. The summed E-state index contributed by atoms with van der Waals surface area (Å²) in [4.78, 5) is 30.5. The van der Waals surface area contributed by atoms with Gasteiger partial charge >= 0.3 is 0 Å². The van der Waals surface area contributed by atoms with E-state index in [0.717, 1.165) is 4.83 Å². The van der Waals surface area contributed by atoms with E-state index in [2.05, 4.69) is 4.98 Å². The van der Waals surface area contributed by atoms with Crippen molar-refractivity contribution in [2.45, 2.75) is 13.0 Å². The van der Waals surface area contributed by atoms with Gasteiger partial charge in [-0.25, -0.2) is 0 Å². The third kappa shape index (κ3) is 2.54. The maximum absolute atomic E-state index is 12.5. The number of amides is 1. The molecule has 6 nitrogen and oxygen atoms in total. The smallest absolute Gasteiger partial charge is 0.263 e. The van der Waals surface area contributed by atoms with Crippen LogP contribution in [0.25, 0.3) is 10.2 Å². The van der Waals surface area contributed by atoms with E-state index in [1.165, 1.54) is 15.9 Å². The van der Waals surface area contributed by atoms with Gasteiger partial charge < -0.3 is 14.6 Å². The van der Waals surface area contributed by atoms with Crippen molar-refractivity contribution in [2.75, 3.05) is 26.3 Å². The van der Waals surface area contributed by atoms with Crippen LogP contribution in [0.15, 0.2) is 16.2 Å². The lowest BCUT2D eigenvalue weighted by Gasteiger charge is -2.29. The monoisotopic (exact) mass is 325 g/mol. The number of aromatic amines is 1. The molecule has 1 amide bonds. The molecule has 0 aliphatic carbocycles. The number of thiophene rings is 1. The highest BCUT2D eigenvalue weighted by Gasteiger charge is 2.25. The number of hydrogen-bond acceptors (Lipinski definition) is 5. The van der Waals surface area contributed by atoms with Crippen LogP contribution in [0.2, 0.25) is 0 Å². The Morgan fingerprint density at radius 2 is 2.19 bits per heavy atom. The minimum absolute atomic E-state index is 0.102. The fourth-order valence-corrected chi connectivity index (χ4v) is 3.65. The number of hydrogen-bond donors (Lipinski definition) is 1. The van der Waals surface area contributed by atoms with E-state index in [9.17, 15) is 9.59 Å². The zero-order valence-electron chi connectivity index (χ0n) is 11.5. The van der Waals surface area contributed by atoms with Gasteiger partial charge in [-0.2, -0.15) is 0 Å². The second-order valence-electron chi connectivity index (χ2n) is 4.88. The summed E-state index contributed by atoms with van der Waals surface area (Å²) in [6.07, 6.45) is 0. The van der Waals surface area contributed by atoms with Gasteiger partial charge in [0.2, 0.25) is 5.91 Å². The summed E-state index contributed by atoms with van der Waals surface area (Å²) in [5, 5.41) is 2.39. The molecule has 1 aliphatic rings. The van der Waals surface area contributed by atoms with Gasteiger partial charge in [0.05, 0.1) is 18.6 Å². The van der Waals surface area contributed by atoms with E-state index in [4.69, 9.17) is 17.0 Å². The first-order chi connectivity index (χ1) is 10.1. The molecule has 3 heterocycles. The number of H-pyrrole nitrogens is 1. The molecular formula is C13H15N3O3S2. The lowest BCUT2D eigenvalue weighted by molar-refractivity contribution is -0.138. The molecule has 2 aromatic heterocycles. The summed E-state index contributed by atoms with van der Waals surface area (Å²) in [6.45, 7) is 3.87.